The third-order valence-corrected chi connectivity index (χ3v) is 3.51. The van der Waals surface area contributed by atoms with Gasteiger partial charge in [0.05, 0.1) is 0 Å². The Bertz CT molecular complexity index is 531. The van der Waals surface area contributed by atoms with Crippen LogP contribution in [0.4, 0.5) is 0 Å². The van der Waals surface area contributed by atoms with Crippen LogP contribution in [0.5, 0.6) is 11.5 Å². The van der Waals surface area contributed by atoms with Crippen LogP contribution in [0, 0.1) is 0 Å². The van der Waals surface area contributed by atoms with Crippen LogP contribution in [0.15, 0.2) is 24.3 Å². The summed E-state index contributed by atoms with van der Waals surface area (Å²) in [6.07, 6.45) is 0. The molecule has 0 aromatic heterocycles. The lowest BCUT2D eigenvalue weighted by atomic mass is 10.0. The van der Waals surface area contributed by atoms with Crippen molar-refractivity contribution < 1.29 is 9.47 Å². The van der Waals surface area contributed by atoms with Gasteiger partial charge < -0.3 is 9.47 Å². The Hall–Kier alpha value is -1.12. The Kier molecular flexibility index (Phi) is 2.77. The standard InChI is InChI=1S/C13H10Cl2O2/c14-5-10-1-8-3-12-13(17-7-16-12)4-9(8)2-11(10)6-15/h1-4H,5-7H2. The van der Waals surface area contributed by atoms with Gasteiger partial charge in [0.2, 0.25) is 6.79 Å². The lowest BCUT2D eigenvalue weighted by molar-refractivity contribution is 0.174. The van der Waals surface area contributed by atoms with Crippen LogP contribution in [-0.2, 0) is 11.8 Å². The van der Waals surface area contributed by atoms with Crippen molar-refractivity contribution in [3.63, 3.8) is 0 Å². The fourth-order valence-electron chi connectivity index (χ4n) is 2.03. The van der Waals surface area contributed by atoms with Gasteiger partial charge in [-0.05, 0) is 46.2 Å². The Morgan fingerprint density at radius 2 is 1.29 bits per heavy atom. The first-order chi connectivity index (χ1) is 8.31. The molecule has 0 fully saturated rings. The van der Waals surface area contributed by atoms with Gasteiger partial charge in [-0.2, -0.15) is 0 Å². The molecule has 0 saturated heterocycles. The number of alkyl halides is 2. The summed E-state index contributed by atoms with van der Waals surface area (Å²) < 4.78 is 10.7. The number of halogens is 2. The van der Waals surface area contributed by atoms with Crippen LogP contribution < -0.4 is 9.47 Å². The van der Waals surface area contributed by atoms with Gasteiger partial charge in [0.25, 0.3) is 0 Å². The predicted molar refractivity (Wildman–Crippen MR) is 69.2 cm³/mol. The summed E-state index contributed by atoms with van der Waals surface area (Å²) in [5.74, 6) is 2.51. The molecular weight excluding hydrogens is 259 g/mol. The van der Waals surface area contributed by atoms with E-state index in [0.29, 0.717) is 11.8 Å². The zero-order chi connectivity index (χ0) is 11.8. The monoisotopic (exact) mass is 268 g/mol. The molecule has 0 spiro atoms. The predicted octanol–water partition coefficient (Wildman–Crippen LogP) is 4.05. The zero-order valence-electron chi connectivity index (χ0n) is 9.00. The minimum absolute atomic E-state index is 0.288. The first kappa shape index (κ1) is 11.0. The van der Waals surface area contributed by atoms with Crippen LogP contribution in [0.3, 0.4) is 0 Å². The van der Waals surface area contributed by atoms with Gasteiger partial charge in [-0.3, -0.25) is 0 Å². The van der Waals surface area contributed by atoms with E-state index in [2.05, 4.69) is 12.1 Å². The molecule has 1 aliphatic heterocycles. The second kappa shape index (κ2) is 4.28. The molecule has 0 radical (unpaired) electrons. The van der Waals surface area contributed by atoms with Gasteiger partial charge in [-0.15, -0.1) is 23.2 Å². The number of rotatable bonds is 2. The average Bonchev–Trinajstić information content (AvgIpc) is 2.81. The van der Waals surface area contributed by atoms with E-state index in [1.54, 1.807) is 0 Å². The van der Waals surface area contributed by atoms with Gasteiger partial charge in [-0.25, -0.2) is 0 Å². The molecular formula is C13H10Cl2O2. The summed E-state index contributed by atoms with van der Waals surface area (Å²) in [6.45, 7) is 0.288. The van der Waals surface area contributed by atoms with Gasteiger partial charge in [0, 0.05) is 11.8 Å². The number of fused-ring (bicyclic) bond motifs is 2. The fourth-order valence-corrected chi connectivity index (χ4v) is 2.53. The maximum atomic E-state index is 5.91. The van der Waals surface area contributed by atoms with E-state index >= 15 is 0 Å². The fraction of sp³-hybridized carbons (Fsp3) is 0.231. The normalized spacial score (nSPS) is 13.3. The smallest absolute Gasteiger partial charge is 0.231 e. The van der Waals surface area contributed by atoms with Crippen molar-refractivity contribution in [3.05, 3.63) is 35.4 Å². The maximum absolute atomic E-state index is 5.91. The Morgan fingerprint density at radius 1 is 0.824 bits per heavy atom. The Labute approximate surface area is 109 Å². The minimum atomic E-state index is 0.288. The molecule has 2 nitrogen and oxygen atoms in total. The van der Waals surface area contributed by atoms with E-state index in [0.717, 1.165) is 33.4 Å². The molecule has 0 saturated carbocycles. The van der Waals surface area contributed by atoms with Crippen LogP contribution in [0.25, 0.3) is 10.8 Å². The second-order valence-electron chi connectivity index (χ2n) is 3.94. The molecule has 4 heteroatoms. The quantitative estimate of drug-likeness (QED) is 0.766. The van der Waals surface area contributed by atoms with Crippen molar-refractivity contribution in [2.45, 2.75) is 11.8 Å². The Morgan fingerprint density at radius 3 is 1.71 bits per heavy atom. The number of ether oxygens (including phenoxy) is 2. The van der Waals surface area contributed by atoms with Gasteiger partial charge in [0.15, 0.2) is 11.5 Å². The number of benzene rings is 2. The molecule has 1 heterocycles. The highest BCUT2D eigenvalue weighted by Crippen LogP contribution is 2.37. The number of hydrogen-bond donors (Lipinski definition) is 0. The summed E-state index contributed by atoms with van der Waals surface area (Å²) in [6, 6.07) is 8.07. The highest BCUT2D eigenvalue weighted by atomic mass is 35.5. The van der Waals surface area contributed by atoms with E-state index in [9.17, 15) is 0 Å². The highest BCUT2D eigenvalue weighted by Gasteiger charge is 2.15. The van der Waals surface area contributed by atoms with Crippen molar-refractivity contribution >= 4 is 34.0 Å². The first-order valence-corrected chi connectivity index (χ1v) is 6.36. The molecule has 0 N–H and O–H groups in total. The molecule has 0 amide bonds. The van der Waals surface area contributed by atoms with Gasteiger partial charge in [0.1, 0.15) is 0 Å². The minimum Gasteiger partial charge on any atom is -0.454 e. The van der Waals surface area contributed by atoms with Crippen molar-refractivity contribution in [2.75, 3.05) is 6.79 Å². The van der Waals surface area contributed by atoms with Gasteiger partial charge in [-0.1, -0.05) is 0 Å². The van der Waals surface area contributed by atoms with E-state index < -0.39 is 0 Å². The lowest BCUT2D eigenvalue weighted by Gasteiger charge is -2.08. The SMILES string of the molecule is ClCc1cc2cc3c(cc2cc1CCl)OCO3. The molecule has 2 aromatic carbocycles. The van der Waals surface area contributed by atoms with Crippen molar-refractivity contribution in [1.82, 2.24) is 0 Å². The molecule has 0 aliphatic carbocycles. The summed E-state index contributed by atoms with van der Waals surface area (Å²) in [5, 5.41) is 2.19. The summed E-state index contributed by atoms with van der Waals surface area (Å²) in [7, 11) is 0. The van der Waals surface area contributed by atoms with E-state index in [-0.39, 0.29) is 6.79 Å². The topological polar surface area (TPSA) is 18.5 Å². The summed E-state index contributed by atoms with van der Waals surface area (Å²) in [5.41, 5.74) is 2.13. The largest absolute Gasteiger partial charge is 0.454 e. The molecule has 3 rings (SSSR count). The molecule has 1 aliphatic rings. The van der Waals surface area contributed by atoms with E-state index in [1.807, 2.05) is 12.1 Å². The molecule has 2 aromatic rings. The summed E-state index contributed by atoms with van der Waals surface area (Å²) >= 11 is 11.8. The van der Waals surface area contributed by atoms with Crippen LogP contribution in [0.1, 0.15) is 11.1 Å². The molecule has 88 valence electrons. The highest BCUT2D eigenvalue weighted by molar-refractivity contribution is 6.19. The third kappa shape index (κ3) is 1.81. The first-order valence-electron chi connectivity index (χ1n) is 5.29. The van der Waals surface area contributed by atoms with Crippen molar-refractivity contribution in [1.29, 1.82) is 0 Å². The summed E-state index contributed by atoms with van der Waals surface area (Å²) in [4.78, 5) is 0. The molecule has 0 bridgehead atoms. The average molecular weight is 269 g/mol. The zero-order valence-corrected chi connectivity index (χ0v) is 10.5. The van der Waals surface area contributed by atoms with Crippen LogP contribution >= 0.6 is 23.2 Å². The number of hydrogen-bond acceptors (Lipinski definition) is 2. The second-order valence-corrected chi connectivity index (χ2v) is 4.48. The molecule has 17 heavy (non-hydrogen) atoms. The van der Waals surface area contributed by atoms with E-state index in [1.165, 1.54) is 0 Å². The maximum Gasteiger partial charge on any atom is 0.231 e. The molecule has 0 atom stereocenters. The lowest BCUT2D eigenvalue weighted by Crippen LogP contribution is -1.92. The third-order valence-electron chi connectivity index (χ3n) is 2.94. The Balaban J connectivity index is 2.25. The van der Waals surface area contributed by atoms with E-state index in [4.69, 9.17) is 32.7 Å². The van der Waals surface area contributed by atoms with Crippen LogP contribution in [0.2, 0.25) is 0 Å². The van der Waals surface area contributed by atoms with Crippen molar-refractivity contribution in [3.8, 4) is 11.5 Å². The van der Waals surface area contributed by atoms with Crippen molar-refractivity contribution in [2.24, 2.45) is 0 Å². The molecule has 0 unspecified atom stereocenters. The van der Waals surface area contributed by atoms with Gasteiger partial charge >= 0.3 is 0 Å². The van der Waals surface area contributed by atoms with Crippen LogP contribution in [-0.4, -0.2) is 6.79 Å².